The van der Waals surface area contributed by atoms with Crippen molar-refractivity contribution in [1.82, 2.24) is 14.8 Å². The third-order valence-electron chi connectivity index (χ3n) is 1.89. The number of rotatable bonds is 4. The lowest BCUT2D eigenvalue weighted by Gasteiger charge is -1.94. The number of carbonyl (C=O) groups is 1. The Morgan fingerprint density at radius 2 is 2.41 bits per heavy atom. The number of nitro groups is 1. The van der Waals surface area contributed by atoms with Crippen LogP contribution in [-0.4, -0.2) is 30.8 Å². The fourth-order valence-corrected chi connectivity index (χ4v) is 1.82. The summed E-state index contributed by atoms with van der Waals surface area (Å²) in [6.07, 6.45) is 2.39. The van der Waals surface area contributed by atoms with Gasteiger partial charge in [0.15, 0.2) is 0 Å². The van der Waals surface area contributed by atoms with Gasteiger partial charge in [0.25, 0.3) is 0 Å². The average molecular weight is 254 g/mol. The fourth-order valence-electron chi connectivity index (χ4n) is 1.18. The van der Waals surface area contributed by atoms with Gasteiger partial charge in [-0.3, -0.25) is 14.8 Å². The van der Waals surface area contributed by atoms with Gasteiger partial charge in [-0.05, 0) is 0 Å². The molecule has 0 aromatic carbocycles. The van der Waals surface area contributed by atoms with Crippen molar-refractivity contribution in [2.75, 3.05) is 0 Å². The third-order valence-corrected chi connectivity index (χ3v) is 2.77. The monoisotopic (exact) mass is 254 g/mol. The van der Waals surface area contributed by atoms with E-state index in [0.29, 0.717) is 5.69 Å². The van der Waals surface area contributed by atoms with Crippen molar-refractivity contribution in [3.05, 3.63) is 38.6 Å². The molecule has 9 heteroatoms. The molecule has 0 aliphatic rings. The zero-order chi connectivity index (χ0) is 12.4. The first-order valence-corrected chi connectivity index (χ1v) is 5.29. The summed E-state index contributed by atoms with van der Waals surface area (Å²) in [4.78, 5) is 24.3. The lowest BCUT2D eigenvalue weighted by Crippen LogP contribution is -2.02. The highest BCUT2D eigenvalue weighted by Crippen LogP contribution is 2.13. The molecular formula is C8H6N4O4S. The summed E-state index contributed by atoms with van der Waals surface area (Å²) < 4.78 is 1.33. The van der Waals surface area contributed by atoms with Crippen LogP contribution in [0.2, 0.25) is 0 Å². The smallest absolute Gasteiger partial charge is 0.365 e. The van der Waals surface area contributed by atoms with Crippen LogP contribution in [0.1, 0.15) is 15.5 Å². The molecule has 0 unspecified atom stereocenters. The van der Waals surface area contributed by atoms with E-state index in [1.54, 1.807) is 5.38 Å². The fraction of sp³-hybridized carbons (Fsp3) is 0.125. The highest BCUT2D eigenvalue weighted by molar-refractivity contribution is 7.11. The van der Waals surface area contributed by atoms with Gasteiger partial charge in [-0.15, -0.1) is 11.3 Å². The van der Waals surface area contributed by atoms with Crippen molar-refractivity contribution in [2.24, 2.45) is 0 Å². The van der Waals surface area contributed by atoms with E-state index in [2.05, 4.69) is 10.1 Å². The predicted molar refractivity (Wildman–Crippen MR) is 57.1 cm³/mol. The molecule has 0 radical (unpaired) electrons. The normalized spacial score (nSPS) is 10.4. The molecular weight excluding hydrogens is 248 g/mol. The molecule has 0 fully saturated rings. The highest BCUT2D eigenvalue weighted by atomic mass is 32.1. The third kappa shape index (κ3) is 2.45. The maximum absolute atomic E-state index is 10.6. The van der Waals surface area contributed by atoms with Gasteiger partial charge in [0, 0.05) is 5.38 Å². The molecule has 2 aromatic rings. The Bertz CT molecular complexity index is 525. The number of hydrogen-bond acceptors (Lipinski definition) is 6. The molecule has 2 rings (SSSR count). The molecule has 0 atom stereocenters. The first kappa shape index (κ1) is 11.2. The molecule has 2 aromatic heterocycles. The van der Waals surface area contributed by atoms with Gasteiger partial charge in [-0.2, -0.15) is 5.10 Å². The largest absolute Gasteiger partial charge is 0.476 e. The molecule has 8 nitrogen and oxygen atoms in total. The van der Waals surface area contributed by atoms with E-state index >= 15 is 0 Å². The van der Waals surface area contributed by atoms with Gasteiger partial charge < -0.3 is 5.11 Å². The number of carboxylic acids is 1. The second-order valence-corrected chi connectivity index (χ2v) is 3.96. The molecule has 0 saturated heterocycles. The highest BCUT2D eigenvalue weighted by Gasteiger charge is 2.12. The van der Waals surface area contributed by atoms with Crippen LogP contribution in [0.25, 0.3) is 0 Å². The predicted octanol–water partition coefficient (Wildman–Crippen LogP) is 0.994. The number of aromatic nitrogens is 3. The van der Waals surface area contributed by atoms with Crippen molar-refractivity contribution in [2.45, 2.75) is 6.54 Å². The summed E-state index contributed by atoms with van der Waals surface area (Å²) in [5.41, 5.74) is 0.393. The van der Waals surface area contributed by atoms with Crippen LogP contribution in [0.3, 0.4) is 0 Å². The Kier molecular flexibility index (Phi) is 2.83. The average Bonchev–Trinajstić information content (AvgIpc) is 2.87. The van der Waals surface area contributed by atoms with Crippen molar-refractivity contribution in [3.8, 4) is 0 Å². The van der Waals surface area contributed by atoms with E-state index in [-0.39, 0.29) is 17.2 Å². The topological polar surface area (TPSA) is 111 Å². The SMILES string of the molecule is O=C(O)c1nc(Cn2cc([N+](=O)[O-])cn2)cs1. The zero-order valence-corrected chi connectivity index (χ0v) is 9.12. The second-order valence-electron chi connectivity index (χ2n) is 3.10. The van der Waals surface area contributed by atoms with Crippen LogP contribution >= 0.6 is 11.3 Å². The molecule has 0 aliphatic carbocycles. The van der Waals surface area contributed by atoms with E-state index in [4.69, 9.17) is 5.11 Å². The van der Waals surface area contributed by atoms with E-state index in [0.717, 1.165) is 17.5 Å². The van der Waals surface area contributed by atoms with Crippen molar-refractivity contribution < 1.29 is 14.8 Å². The lowest BCUT2D eigenvalue weighted by molar-refractivity contribution is -0.385. The maximum atomic E-state index is 10.6. The maximum Gasteiger partial charge on any atom is 0.365 e. The molecule has 17 heavy (non-hydrogen) atoms. The van der Waals surface area contributed by atoms with Gasteiger partial charge >= 0.3 is 11.7 Å². The minimum Gasteiger partial charge on any atom is -0.476 e. The van der Waals surface area contributed by atoms with Crippen molar-refractivity contribution >= 4 is 23.0 Å². The number of hydrogen-bond donors (Lipinski definition) is 1. The van der Waals surface area contributed by atoms with Gasteiger partial charge in [0.05, 0.1) is 17.2 Å². The summed E-state index contributed by atoms with van der Waals surface area (Å²) in [6.45, 7) is 0.206. The van der Waals surface area contributed by atoms with Crippen LogP contribution in [0, 0.1) is 10.1 Å². The summed E-state index contributed by atoms with van der Waals surface area (Å²) in [5, 5.41) is 24.4. The summed E-state index contributed by atoms with van der Waals surface area (Å²) in [5.74, 6) is -1.09. The van der Waals surface area contributed by atoms with E-state index in [9.17, 15) is 14.9 Å². The number of aromatic carboxylic acids is 1. The minimum absolute atomic E-state index is 0.0124. The Balaban J connectivity index is 2.13. The summed E-state index contributed by atoms with van der Waals surface area (Å²) in [6, 6.07) is 0. The van der Waals surface area contributed by atoms with Crippen LogP contribution in [0.15, 0.2) is 17.8 Å². The zero-order valence-electron chi connectivity index (χ0n) is 8.31. The van der Waals surface area contributed by atoms with Crippen LogP contribution in [-0.2, 0) is 6.54 Å². The van der Waals surface area contributed by atoms with E-state index < -0.39 is 10.9 Å². The molecule has 2 heterocycles. The van der Waals surface area contributed by atoms with Crippen LogP contribution < -0.4 is 0 Å². The Morgan fingerprint density at radius 3 is 2.94 bits per heavy atom. The quantitative estimate of drug-likeness (QED) is 0.643. The van der Waals surface area contributed by atoms with Gasteiger partial charge in [0.1, 0.15) is 12.4 Å². The minimum atomic E-state index is -1.09. The number of carboxylic acid groups (broad SMARTS) is 1. The van der Waals surface area contributed by atoms with Gasteiger partial charge in [-0.25, -0.2) is 9.78 Å². The molecule has 0 saturated carbocycles. The van der Waals surface area contributed by atoms with Crippen LogP contribution in [0.5, 0.6) is 0 Å². The number of nitrogens with zero attached hydrogens (tertiary/aromatic N) is 4. The lowest BCUT2D eigenvalue weighted by atomic mass is 10.5. The Labute approximate surface area is 98.3 Å². The summed E-state index contributed by atoms with van der Waals surface area (Å²) >= 11 is 1.00. The van der Waals surface area contributed by atoms with Gasteiger partial charge in [0.2, 0.25) is 5.01 Å². The molecule has 0 amide bonds. The van der Waals surface area contributed by atoms with Crippen LogP contribution in [0.4, 0.5) is 5.69 Å². The molecule has 0 bridgehead atoms. The van der Waals surface area contributed by atoms with Gasteiger partial charge in [-0.1, -0.05) is 0 Å². The Morgan fingerprint density at radius 1 is 1.65 bits per heavy atom. The molecule has 88 valence electrons. The first-order chi connectivity index (χ1) is 8.06. The molecule has 1 N–H and O–H groups in total. The molecule has 0 spiro atoms. The first-order valence-electron chi connectivity index (χ1n) is 4.41. The number of thiazole rings is 1. The Hall–Kier alpha value is -2.29. The second kappa shape index (κ2) is 4.29. The van der Waals surface area contributed by atoms with E-state index in [1.165, 1.54) is 10.9 Å². The summed E-state index contributed by atoms with van der Waals surface area (Å²) in [7, 11) is 0. The van der Waals surface area contributed by atoms with E-state index in [1.807, 2.05) is 0 Å². The molecule has 0 aliphatic heterocycles. The van der Waals surface area contributed by atoms with Crippen molar-refractivity contribution in [3.63, 3.8) is 0 Å². The van der Waals surface area contributed by atoms with Crippen molar-refractivity contribution in [1.29, 1.82) is 0 Å². The standard InChI is InChI=1S/C8H6N4O4S/c13-8(14)7-10-5(4-17-7)2-11-3-6(1-9-11)12(15)16/h1,3-4H,2H2,(H,13,14).